The van der Waals surface area contributed by atoms with Gasteiger partial charge in [0, 0.05) is 25.8 Å². The number of ether oxygens (including phenoxy) is 1. The van der Waals surface area contributed by atoms with Crippen LogP contribution in [-0.4, -0.2) is 60.0 Å². The average Bonchev–Trinajstić information content (AvgIpc) is 2.24. The van der Waals surface area contributed by atoms with Gasteiger partial charge >= 0.3 is 5.97 Å². The third-order valence-corrected chi connectivity index (χ3v) is 2.61. The van der Waals surface area contributed by atoms with E-state index in [9.17, 15) is 9.59 Å². The number of hydrogen-bond donors (Lipinski definition) is 3. The molecule has 0 aliphatic carbocycles. The minimum Gasteiger partial charge on any atom is -0.479 e. The SMILES string of the molecule is COCCSCC(=O)NCCC(O)C(=O)O. The highest BCUT2D eigenvalue weighted by molar-refractivity contribution is 7.99. The number of aliphatic hydroxyl groups excluding tert-OH is 1. The van der Waals surface area contributed by atoms with Crippen molar-refractivity contribution in [2.75, 3.05) is 31.8 Å². The zero-order valence-electron chi connectivity index (χ0n) is 9.14. The first kappa shape index (κ1) is 15.2. The molecule has 6 nitrogen and oxygen atoms in total. The zero-order valence-corrected chi connectivity index (χ0v) is 9.96. The van der Waals surface area contributed by atoms with E-state index in [0.29, 0.717) is 12.4 Å². The van der Waals surface area contributed by atoms with Gasteiger partial charge in [0.25, 0.3) is 0 Å². The molecule has 0 aromatic heterocycles. The maximum Gasteiger partial charge on any atom is 0.332 e. The minimum atomic E-state index is -1.42. The molecule has 16 heavy (non-hydrogen) atoms. The monoisotopic (exact) mass is 251 g/mol. The van der Waals surface area contributed by atoms with Crippen LogP contribution in [0.25, 0.3) is 0 Å². The molecule has 3 N–H and O–H groups in total. The van der Waals surface area contributed by atoms with Crippen LogP contribution in [0, 0.1) is 0 Å². The van der Waals surface area contributed by atoms with Crippen molar-refractivity contribution in [2.24, 2.45) is 0 Å². The number of amides is 1. The molecule has 0 radical (unpaired) electrons. The Hall–Kier alpha value is -0.790. The van der Waals surface area contributed by atoms with Crippen LogP contribution in [0.2, 0.25) is 0 Å². The minimum absolute atomic E-state index is 0.0177. The van der Waals surface area contributed by atoms with Gasteiger partial charge in [-0.25, -0.2) is 4.79 Å². The van der Waals surface area contributed by atoms with Crippen molar-refractivity contribution in [2.45, 2.75) is 12.5 Å². The molecule has 0 aromatic rings. The molecule has 94 valence electrons. The van der Waals surface area contributed by atoms with E-state index in [-0.39, 0.29) is 18.9 Å². The molecule has 0 rings (SSSR count). The summed E-state index contributed by atoms with van der Waals surface area (Å²) in [4.78, 5) is 21.4. The van der Waals surface area contributed by atoms with Crippen LogP contribution in [0.3, 0.4) is 0 Å². The second-order valence-electron chi connectivity index (χ2n) is 3.04. The summed E-state index contributed by atoms with van der Waals surface area (Å²) in [6.45, 7) is 0.757. The van der Waals surface area contributed by atoms with Gasteiger partial charge in [-0.15, -0.1) is 11.8 Å². The smallest absolute Gasteiger partial charge is 0.332 e. The van der Waals surface area contributed by atoms with E-state index in [4.69, 9.17) is 14.9 Å². The van der Waals surface area contributed by atoms with Gasteiger partial charge in [0.15, 0.2) is 6.10 Å². The summed E-state index contributed by atoms with van der Waals surface area (Å²) < 4.78 is 4.81. The largest absolute Gasteiger partial charge is 0.479 e. The predicted molar refractivity (Wildman–Crippen MR) is 60.5 cm³/mol. The van der Waals surface area contributed by atoms with Crippen LogP contribution in [0.15, 0.2) is 0 Å². The first-order chi connectivity index (χ1) is 7.57. The molecule has 0 aliphatic heterocycles. The first-order valence-corrected chi connectivity index (χ1v) is 5.97. The Morgan fingerprint density at radius 2 is 2.19 bits per heavy atom. The molecule has 7 heteroatoms. The molecule has 1 atom stereocenters. The summed E-state index contributed by atoms with van der Waals surface area (Å²) in [5.41, 5.74) is 0. The molecular weight excluding hydrogens is 234 g/mol. The predicted octanol–water partition coefficient (Wildman–Crippen LogP) is -0.682. The fourth-order valence-electron chi connectivity index (χ4n) is 0.830. The summed E-state index contributed by atoms with van der Waals surface area (Å²) in [6.07, 6.45) is -1.40. The van der Waals surface area contributed by atoms with E-state index >= 15 is 0 Å². The summed E-state index contributed by atoms with van der Waals surface area (Å²) in [7, 11) is 1.59. The molecule has 0 saturated carbocycles. The van der Waals surface area contributed by atoms with Gasteiger partial charge in [-0.1, -0.05) is 0 Å². The molecular formula is C9H17NO5S. The molecule has 0 spiro atoms. The highest BCUT2D eigenvalue weighted by Gasteiger charge is 2.12. The Labute approximate surface area is 98.4 Å². The Bertz CT molecular complexity index is 224. The molecule has 0 aliphatic rings. The Kier molecular flexibility index (Phi) is 8.97. The maximum atomic E-state index is 11.2. The van der Waals surface area contributed by atoms with E-state index in [1.165, 1.54) is 11.8 Å². The maximum absolute atomic E-state index is 11.2. The van der Waals surface area contributed by atoms with Crippen LogP contribution in [0.5, 0.6) is 0 Å². The third kappa shape index (κ3) is 8.51. The third-order valence-electron chi connectivity index (χ3n) is 1.69. The standard InChI is InChI=1S/C9H17NO5S/c1-15-4-5-16-6-8(12)10-3-2-7(11)9(13)14/h7,11H,2-6H2,1H3,(H,10,12)(H,13,14). The number of carboxylic acid groups (broad SMARTS) is 1. The summed E-state index contributed by atoms with van der Waals surface area (Å²) in [5, 5.41) is 19.8. The van der Waals surface area contributed by atoms with Crippen LogP contribution in [0.1, 0.15) is 6.42 Å². The van der Waals surface area contributed by atoms with Crippen molar-refractivity contribution in [3.63, 3.8) is 0 Å². The summed E-state index contributed by atoms with van der Waals surface area (Å²) in [5.74, 6) is -0.392. The van der Waals surface area contributed by atoms with Gasteiger partial charge in [-0.3, -0.25) is 4.79 Å². The van der Waals surface area contributed by atoms with E-state index < -0.39 is 12.1 Å². The lowest BCUT2D eigenvalue weighted by atomic mass is 10.2. The number of methoxy groups -OCH3 is 1. The number of carbonyl (C=O) groups is 2. The van der Waals surface area contributed by atoms with Gasteiger partial charge in [0.1, 0.15) is 0 Å². The van der Waals surface area contributed by atoms with E-state index in [1.807, 2.05) is 0 Å². The summed E-state index contributed by atoms with van der Waals surface area (Å²) in [6, 6.07) is 0. The molecule has 1 amide bonds. The van der Waals surface area contributed by atoms with E-state index in [0.717, 1.165) is 5.75 Å². The second kappa shape index (κ2) is 9.44. The Balaban J connectivity index is 3.40. The van der Waals surface area contributed by atoms with Crippen LogP contribution in [-0.2, 0) is 14.3 Å². The second-order valence-corrected chi connectivity index (χ2v) is 4.14. The average molecular weight is 251 g/mol. The van der Waals surface area contributed by atoms with Gasteiger partial charge in [-0.05, 0) is 0 Å². The first-order valence-electron chi connectivity index (χ1n) is 4.82. The van der Waals surface area contributed by atoms with Gasteiger partial charge in [-0.2, -0.15) is 0 Å². The lowest BCUT2D eigenvalue weighted by Gasteiger charge is -2.07. The van der Waals surface area contributed by atoms with Crippen molar-refractivity contribution in [1.82, 2.24) is 5.32 Å². The lowest BCUT2D eigenvalue weighted by Crippen LogP contribution is -2.31. The lowest BCUT2D eigenvalue weighted by molar-refractivity contribution is -0.147. The molecule has 0 aromatic carbocycles. The normalized spacial score (nSPS) is 12.1. The number of rotatable bonds is 9. The topological polar surface area (TPSA) is 95.9 Å². The summed E-state index contributed by atoms with van der Waals surface area (Å²) >= 11 is 1.44. The zero-order chi connectivity index (χ0) is 12.4. The molecule has 0 heterocycles. The van der Waals surface area contributed by atoms with Crippen LogP contribution >= 0.6 is 11.8 Å². The van der Waals surface area contributed by atoms with Crippen molar-refractivity contribution in [3.05, 3.63) is 0 Å². The van der Waals surface area contributed by atoms with Crippen molar-refractivity contribution in [1.29, 1.82) is 0 Å². The number of aliphatic hydroxyl groups is 1. The highest BCUT2D eigenvalue weighted by Crippen LogP contribution is 1.98. The Morgan fingerprint density at radius 3 is 2.75 bits per heavy atom. The van der Waals surface area contributed by atoms with Gasteiger partial charge < -0.3 is 20.3 Å². The fraction of sp³-hybridized carbons (Fsp3) is 0.778. The van der Waals surface area contributed by atoms with E-state index in [2.05, 4.69) is 5.32 Å². The van der Waals surface area contributed by atoms with Crippen molar-refractivity contribution < 1.29 is 24.5 Å². The van der Waals surface area contributed by atoms with Gasteiger partial charge in [0.2, 0.25) is 5.91 Å². The van der Waals surface area contributed by atoms with Crippen molar-refractivity contribution in [3.8, 4) is 0 Å². The quantitative estimate of drug-likeness (QED) is 0.470. The Morgan fingerprint density at radius 1 is 1.50 bits per heavy atom. The number of aliphatic carboxylic acids is 1. The molecule has 0 saturated heterocycles. The number of thioether (sulfide) groups is 1. The number of carboxylic acids is 1. The van der Waals surface area contributed by atoms with E-state index in [1.54, 1.807) is 7.11 Å². The number of hydrogen-bond acceptors (Lipinski definition) is 5. The molecule has 1 unspecified atom stereocenters. The molecule has 0 bridgehead atoms. The molecule has 0 fully saturated rings. The van der Waals surface area contributed by atoms with Gasteiger partial charge in [0.05, 0.1) is 12.4 Å². The highest BCUT2D eigenvalue weighted by atomic mass is 32.2. The van der Waals surface area contributed by atoms with Crippen LogP contribution in [0.4, 0.5) is 0 Å². The number of nitrogens with one attached hydrogen (secondary N) is 1. The number of carbonyl (C=O) groups excluding carboxylic acids is 1. The van der Waals surface area contributed by atoms with Crippen LogP contribution < -0.4 is 5.32 Å². The fourth-order valence-corrected chi connectivity index (χ4v) is 1.55. The van der Waals surface area contributed by atoms with Crippen molar-refractivity contribution >= 4 is 23.6 Å².